The lowest BCUT2D eigenvalue weighted by Crippen LogP contribution is -2.28. The number of ether oxygens (including phenoxy) is 1. The van der Waals surface area contributed by atoms with Crippen LogP contribution >= 0.6 is 0 Å². The van der Waals surface area contributed by atoms with Gasteiger partial charge in [-0.3, -0.25) is 0 Å². The summed E-state index contributed by atoms with van der Waals surface area (Å²) in [4.78, 5) is 3.15. The molecule has 1 aromatic carbocycles. The molecule has 0 saturated carbocycles. The Labute approximate surface area is 155 Å². The highest BCUT2D eigenvalue weighted by atomic mass is 32.2. The number of hydrogen-bond acceptors (Lipinski definition) is 4. The summed E-state index contributed by atoms with van der Waals surface area (Å²) in [5.41, 5.74) is 8.47. The quantitative estimate of drug-likeness (QED) is 0.276. The molecule has 0 amide bonds. The summed E-state index contributed by atoms with van der Waals surface area (Å²) in [5, 5.41) is 3.63. The Morgan fingerprint density at radius 3 is 2.65 bits per heavy atom. The molecule has 0 bridgehead atoms. The standard InChI is InChI=1S/C19H27N3O3S/c1-4-8-18-17(13-26(23,24)16-9-6-5-7-10-16)15(3)19(25-18)11-14(2)12-21-22-20/h4-7,9-10,14-15,17-19H,1,8,11-13H2,2-3H3/t14-,15+,17+,18-,19+/m0/s1. The first kappa shape index (κ1) is 20.5. The topological polar surface area (TPSA) is 92.1 Å². The van der Waals surface area contributed by atoms with Crippen LogP contribution in [0.1, 0.15) is 26.7 Å². The van der Waals surface area contributed by atoms with Gasteiger partial charge in [0.25, 0.3) is 0 Å². The van der Waals surface area contributed by atoms with Gasteiger partial charge >= 0.3 is 0 Å². The van der Waals surface area contributed by atoms with Gasteiger partial charge in [0.2, 0.25) is 0 Å². The lowest BCUT2D eigenvalue weighted by atomic mass is 9.86. The molecule has 1 aliphatic rings. The molecule has 1 aromatic rings. The summed E-state index contributed by atoms with van der Waals surface area (Å²) >= 11 is 0. The molecule has 5 atom stereocenters. The fourth-order valence-electron chi connectivity index (χ4n) is 3.61. The highest BCUT2D eigenvalue weighted by Gasteiger charge is 2.43. The van der Waals surface area contributed by atoms with Crippen LogP contribution in [0.25, 0.3) is 10.4 Å². The van der Waals surface area contributed by atoms with E-state index in [2.05, 4.69) is 23.5 Å². The van der Waals surface area contributed by atoms with Crippen molar-refractivity contribution < 1.29 is 13.2 Å². The smallest absolute Gasteiger partial charge is 0.178 e. The van der Waals surface area contributed by atoms with Crippen LogP contribution in [0, 0.1) is 17.8 Å². The molecule has 1 fully saturated rings. The fourth-order valence-corrected chi connectivity index (χ4v) is 5.40. The maximum absolute atomic E-state index is 12.8. The van der Waals surface area contributed by atoms with Crippen molar-refractivity contribution in [2.75, 3.05) is 12.3 Å². The molecular formula is C19H27N3O3S. The van der Waals surface area contributed by atoms with E-state index in [0.717, 1.165) is 6.42 Å². The van der Waals surface area contributed by atoms with Crippen LogP contribution in [-0.4, -0.2) is 32.9 Å². The van der Waals surface area contributed by atoms with Gasteiger partial charge in [-0.25, -0.2) is 8.42 Å². The van der Waals surface area contributed by atoms with Gasteiger partial charge in [0.15, 0.2) is 9.84 Å². The van der Waals surface area contributed by atoms with E-state index in [4.69, 9.17) is 10.3 Å². The van der Waals surface area contributed by atoms with Crippen LogP contribution < -0.4 is 0 Å². The second kappa shape index (κ2) is 9.21. The van der Waals surface area contributed by atoms with Gasteiger partial charge in [-0.15, -0.1) is 6.58 Å². The van der Waals surface area contributed by atoms with E-state index >= 15 is 0 Å². The van der Waals surface area contributed by atoms with E-state index in [0.29, 0.717) is 17.9 Å². The number of rotatable bonds is 9. The highest BCUT2D eigenvalue weighted by molar-refractivity contribution is 7.91. The molecule has 142 valence electrons. The third kappa shape index (κ3) is 5.10. The zero-order valence-electron chi connectivity index (χ0n) is 15.4. The molecule has 26 heavy (non-hydrogen) atoms. The largest absolute Gasteiger partial charge is 0.374 e. The summed E-state index contributed by atoms with van der Waals surface area (Å²) in [6.45, 7) is 8.27. The molecule has 0 radical (unpaired) electrons. The summed E-state index contributed by atoms with van der Waals surface area (Å²) in [6, 6.07) is 8.56. The molecule has 0 unspecified atom stereocenters. The number of nitrogens with zero attached hydrogens (tertiary/aromatic N) is 3. The van der Waals surface area contributed by atoms with Crippen LogP contribution in [-0.2, 0) is 14.6 Å². The van der Waals surface area contributed by atoms with E-state index < -0.39 is 9.84 Å². The molecular weight excluding hydrogens is 350 g/mol. The van der Waals surface area contributed by atoms with Gasteiger partial charge < -0.3 is 4.74 Å². The van der Waals surface area contributed by atoms with Gasteiger partial charge in [0.1, 0.15) is 0 Å². The summed E-state index contributed by atoms with van der Waals surface area (Å²) in [5.74, 6) is 0.270. The molecule has 1 saturated heterocycles. The number of azide groups is 1. The van der Waals surface area contributed by atoms with Crippen molar-refractivity contribution in [3.63, 3.8) is 0 Å². The van der Waals surface area contributed by atoms with Crippen molar-refractivity contribution in [1.82, 2.24) is 0 Å². The van der Waals surface area contributed by atoms with Gasteiger partial charge in [0, 0.05) is 17.4 Å². The highest BCUT2D eigenvalue weighted by Crippen LogP contribution is 2.39. The lowest BCUT2D eigenvalue weighted by molar-refractivity contribution is 0.0211. The molecule has 0 aromatic heterocycles. The predicted octanol–water partition coefficient (Wildman–Crippen LogP) is 4.39. The summed E-state index contributed by atoms with van der Waals surface area (Å²) in [6.07, 6.45) is 2.96. The number of sulfone groups is 1. The Hall–Kier alpha value is -1.82. The first-order valence-corrected chi connectivity index (χ1v) is 10.6. The minimum absolute atomic E-state index is 0.0418. The maximum Gasteiger partial charge on any atom is 0.178 e. The number of benzene rings is 1. The Morgan fingerprint density at radius 2 is 2.04 bits per heavy atom. The van der Waals surface area contributed by atoms with E-state index in [9.17, 15) is 8.42 Å². The summed E-state index contributed by atoms with van der Waals surface area (Å²) < 4.78 is 31.8. The average Bonchev–Trinajstić information content (AvgIpc) is 2.89. The van der Waals surface area contributed by atoms with E-state index in [1.165, 1.54) is 0 Å². The normalized spacial score (nSPS) is 26.8. The van der Waals surface area contributed by atoms with Crippen molar-refractivity contribution in [2.45, 2.75) is 43.8 Å². The predicted molar refractivity (Wildman–Crippen MR) is 102 cm³/mol. The molecule has 6 nitrogen and oxygen atoms in total. The Morgan fingerprint density at radius 1 is 1.35 bits per heavy atom. The van der Waals surface area contributed by atoms with Crippen LogP contribution in [0.5, 0.6) is 0 Å². The van der Waals surface area contributed by atoms with Gasteiger partial charge in [-0.1, -0.05) is 43.2 Å². The molecule has 0 spiro atoms. The molecule has 0 aliphatic carbocycles. The van der Waals surface area contributed by atoms with Crippen molar-refractivity contribution in [3.8, 4) is 0 Å². The number of hydrogen-bond donors (Lipinski definition) is 0. The Bertz CT molecular complexity index is 745. The fraction of sp³-hybridized carbons (Fsp3) is 0.579. The molecule has 0 N–H and O–H groups in total. The first-order chi connectivity index (χ1) is 12.4. The van der Waals surface area contributed by atoms with Crippen LogP contribution in [0.4, 0.5) is 0 Å². The van der Waals surface area contributed by atoms with E-state index in [1.54, 1.807) is 30.3 Å². The maximum atomic E-state index is 12.8. The third-order valence-corrected chi connectivity index (χ3v) is 6.91. The third-order valence-electron chi connectivity index (χ3n) is 5.09. The SMILES string of the molecule is C=CC[C@@H]1O[C@H](C[C@H](C)CN=[N+]=[N-])[C@H](C)[C@H]1CS(=O)(=O)c1ccccc1. The monoisotopic (exact) mass is 377 g/mol. The van der Waals surface area contributed by atoms with Crippen molar-refractivity contribution in [2.24, 2.45) is 22.9 Å². The molecule has 2 rings (SSSR count). The molecule has 1 heterocycles. The zero-order chi connectivity index (χ0) is 19.2. The first-order valence-electron chi connectivity index (χ1n) is 8.94. The Balaban J connectivity index is 2.14. The van der Waals surface area contributed by atoms with Gasteiger partial charge in [0.05, 0.1) is 22.9 Å². The van der Waals surface area contributed by atoms with Crippen LogP contribution in [0.2, 0.25) is 0 Å². The lowest BCUT2D eigenvalue weighted by Gasteiger charge is -2.21. The molecule has 7 heteroatoms. The average molecular weight is 378 g/mol. The minimum Gasteiger partial charge on any atom is -0.374 e. The zero-order valence-corrected chi connectivity index (χ0v) is 16.2. The van der Waals surface area contributed by atoms with E-state index in [1.807, 2.05) is 13.0 Å². The van der Waals surface area contributed by atoms with Crippen molar-refractivity contribution in [3.05, 3.63) is 53.4 Å². The summed E-state index contributed by atoms with van der Waals surface area (Å²) in [7, 11) is -3.37. The Kier molecular flexibility index (Phi) is 7.26. The second-order valence-corrected chi connectivity index (χ2v) is 9.14. The van der Waals surface area contributed by atoms with E-state index in [-0.39, 0.29) is 35.7 Å². The van der Waals surface area contributed by atoms with Crippen molar-refractivity contribution in [1.29, 1.82) is 0 Å². The van der Waals surface area contributed by atoms with Gasteiger partial charge in [-0.2, -0.15) is 0 Å². The van der Waals surface area contributed by atoms with Gasteiger partial charge in [-0.05, 0) is 42.3 Å². The minimum atomic E-state index is -3.37. The molecule has 1 aliphatic heterocycles. The second-order valence-electron chi connectivity index (χ2n) is 7.11. The van der Waals surface area contributed by atoms with Crippen LogP contribution in [0.15, 0.2) is 53.0 Å². The van der Waals surface area contributed by atoms with Crippen molar-refractivity contribution >= 4 is 9.84 Å². The van der Waals surface area contributed by atoms with Crippen LogP contribution in [0.3, 0.4) is 0 Å².